The minimum Gasteiger partial charge on any atom is -0.534 e. The molecule has 0 aliphatic carbocycles. The number of amides is 1. The molecule has 0 fully saturated rings. The molecule has 3 heterocycles. The van der Waals surface area contributed by atoms with E-state index in [1.807, 2.05) is 43.3 Å². The molecular formula is C20H20BN5O4S. The number of oxime groups is 1. The Labute approximate surface area is 183 Å². The van der Waals surface area contributed by atoms with Gasteiger partial charge in [-0.3, -0.25) is 9.78 Å². The maximum absolute atomic E-state index is 12.7. The molecule has 4 rings (SSSR count). The van der Waals surface area contributed by atoms with E-state index in [0.29, 0.717) is 23.8 Å². The number of fused-ring (bicyclic) bond motifs is 1. The number of thiazole rings is 1. The number of carbonyl (C=O) groups excluding carboxylic acids is 1. The Morgan fingerprint density at radius 1 is 1.35 bits per heavy atom. The molecular weight excluding hydrogens is 417 g/mol. The topological polar surface area (TPSA) is 129 Å². The van der Waals surface area contributed by atoms with Gasteiger partial charge in [0.1, 0.15) is 11.4 Å². The van der Waals surface area contributed by atoms with Crippen molar-refractivity contribution in [1.82, 2.24) is 15.3 Å². The molecule has 4 N–H and O–H groups in total. The third-order valence-electron chi connectivity index (χ3n) is 4.84. The van der Waals surface area contributed by atoms with Gasteiger partial charge in [0.2, 0.25) is 0 Å². The first-order valence-electron chi connectivity index (χ1n) is 9.61. The van der Waals surface area contributed by atoms with Crippen molar-refractivity contribution in [2.45, 2.75) is 25.8 Å². The number of nitrogens with zero attached hydrogens (tertiary/aromatic N) is 3. The molecule has 1 aromatic carbocycles. The number of hydrogen-bond donors (Lipinski definition) is 4. The predicted octanol–water partition coefficient (Wildman–Crippen LogP) is 1.78. The first kappa shape index (κ1) is 20.8. The Hall–Kier alpha value is -3.44. The molecule has 1 amide bonds. The second-order valence-electron chi connectivity index (χ2n) is 7.02. The van der Waals surface area contributed by atoms with Gasteiger partial charge in [0.15, 0.2) is 10.8 Å². The molecule has 1 aliphatic heterocycles. The summed E-state index contributed by atoms with van der Waals surface area (Å²) in [5.41, 5.74) is 2.61. The molecule has 0 saturated carbocycles. The molecule has 1 aliphatic rings. The Balaban J connectivity index is 1.41. The van der Waals surface area contributed by atoms with Gasteiger partial charge in [-0.2, -0.15) is 0 Å². The highest BCUT2D eigenvalue weighted by Gasteiger charge is 2.37. The van der Waals surface area contributed by atoms with E-state index in [2.05, 4.69) is 25.8 Å². The van der Waals surface area contributed by atoms with Crippen molar-refractivity contribution in [2.75, 3.05) is 5.32 Å². The van der Waals surface area contributed by atoms with E-state index in [1.165, 1.54) is 11.3 Å². The van der Waals surface area contributed by atoms with Crippen LogP contribution in [0.25, 0.3) is 0 Å². The van der Waals surface area contributed by atoms with Gasteiger partial charge in [0.05, 0.1) is 18.2 Å². The average molecular weight is 437 g/mol. The third kappa shape index (κ3) is 4.67. The van der Waals surface area contributed by atoms with E-state index >= 15 is 0 Å². The first-order valence-corrected chi connectivity index (χ1v) is 10.5. The molecule has 158 valence electrons. The molecule has 11 heteroatoms. The monoisotopic (exact) mass is 437 g/mol. The van der Waals surface area contributed by atoms with Gasteiger partial charge in [0.25, 0.3) is 5.91 Å². The maximum atomic E-state index is 12.7. The van der Waals surface area contributed by atoms with E-state index in [0.717, 1.165) is 16.8 Å². The van der Waals surface area contributed by atoms with Crippen LogP contribution in [0.4, 0.5) is 5.13 Å². The van der Waals surface area contributed by atoms with Crippen LogP contribution in [0, 0.1) is 6.92 Å². The lowest BCUT2D eigenvalue weighted by atomic mass is 9.72. The van der Waals surface area contributed by atoms with E-state index in [1.54, 1.807) is 11.6 Å². The number of rotatable bonds is 6. The van der Waals surface area contributed by atoms with Crippen LogP contribution in [-0.4, -0.2) is 44.9 Å². The van der Waals surface area contributed by atoms with Crippen molar-refractivity contribution in [1.29, 1.82) is 0 Å². The predicted molar refractivity (Wildman–Crippen MR) is 117 cm³/mol. The van der Waals surface area contributed by atoms with E-state index in [4.69, 9.17) is 4.65 Å². The van der Waals surface area contributed by atoms with Gasteiger partial charge in [0, 0.05) is 11.6 Å². The van der Waals surface area contributed by atoms with Crippen molar-refractivity contribution in [2.24, 2.45) is 5.16 Å². The third-order valence-corrected chi connectivity index (χ3v) is 5.64. The Morgan fingerprint density at radius 3 is 3.00 bits per heavy atom. The fourth-order valence-electron chi connectivity index (χ4n) is 3.29. The maximum Gasteiger partial charge on any atom is 0.547 e. The van der Waals surface area contributed by atoms with Crippen LogP contribution in [0.2, 0.25) is 0 Å². The van der Waals surface area contributed by atoms with Crippen LogP contribution in [-0.2, 0) is 17.8 Å². The van der Waals surface area contributed by atoms with Crippen LogP contribution in [0.1, 0.15) is 22.5 Å². The largest absolute Gasteiger partial charge is 0.547 e. The van der Waals surface area contributed by atoms with Gasteiger partial charge in [-0.05, 0) is 36.6 Å². The van der Waals surface area contributed by atoms with Gasteiger partial charge in [-0.25, -0.2) is 4.98 Å². The molecule has 2 aromatic heterocycles. The normalized spacial score (nSPS) is 15.7. The van der Waals surface area contributed by atoms with E-state index in [-0.39, 0.29) is 11.4 Å². The number of pyridine rings is 1. The number of nitrogens with one attached hydrogen (secondary N) is 2. The summed E-state index contributed by atoms with van der Waals surface area (Å²) >= 11 is 1.27. The second-order valence-corrected chi connectivity index (χ2v) is 7.87. The highest BCUT2D eigenvalue weighted by atomic mass is 32.1. The molecule has 0 saturated heterocycles. The fourth-order valence-corrected chi connectivity index (χ4v) is 3.98. The van der Waals surface area contributed by atoms with Crippen molar-refractivity contribution < 1.29 is 19.7 Å². The number of aryl methyl sites for hydroxylation is 1. The highest BCUT2D eigenvalue weighted by Crippen LogP contribution is 2.29. The van der Waals surface area contributed by atoms with Crippen molar-refractivity contribution in [3.8, 4) is 5.75 Å². The van der Waals surface area contributed by atoms with Crippen LogP contribution < -0.4 is 15.3 Å². The zero-order valence-electron chi connectivity index (χ0n) is 16.6. The fraction of sp³-hybridized carbons (Fsp3) is 0.200. The van der Waals surface area contributed by atoms with Crippen LogP contribution in [0.15, 0.2) is 53.1 Å². The van der Waals surface area contributed by atoms with Crippen LogP contribution in [0.5, 0.6) is 5.75 Å². The number of anilines is 1. The zero-order chi connectivity index (χ0) is 21.8. The number of hydrogen-bond acceptors (Lipinski definition) is 9. The molecule has 0 spiro atoms. The van der Waals surface area contributed by atoms with E-state index < -0.39 is 19.0 Å². The van der Waals surface area contributed by atoms with E-state index in [9.17, 15) is 15.0 Å². The van der Waals surface area contributed by atoms with Gasteiger partial charge in [-0.1, -0.05) is 29.4 Å². The Kier molecular flexibility index (Phi) is 6.14. The van der Waals surface area contributed by atoms with Gasteiger partial charge < -0.3 is 25.5 Å². The van der Waals surface area contributed by atoms with Crippen molar-refractivity contribution in [3.05, 3.63) is 70.5 Å². The Bertz CT molecular complexity index is 1110. The number of para-hydroxylation sites is 1. The molecule has 9 nitrogen and oxygen atoms in total. The van der Waals surface area contributed by atoms with Gasteiger partial charge >= 0.3 is 7.12 Å². The molecule has 1 atom stereocenters. The summed E-state index contributed by atoms with van der Waals surface area (Å²) in [6, 6.07) is 11.3. The van der Waals surface area contributed by atoms with Crippen molar-refractivity contribution >= 4 is 35.2 Å². The summed E-state index contributed by atoms with van der Waals surface area (Å²) < 4.78 is 5.58. The summed E-state index contributed by atoms with van der Waals surface area (Å²) in [7, 11) is -1.22. The summed E-state index contributed by atoms with van der Waals surface area (Å²) in [5, 5.41) is 30.8. The molecule has 0 bridgehead atoms. The van der Waals surface area contributed by atoms with Crippen molar-refractivity contribution in [3.63, 3.8) is 0 Å². The quantitative estimate of drug-likeness (QED) is 0.200. The minimum atomic E-state index is -1.22. The number of carbonyl (C=O) groups is 1. The lowest BCUT2D eigenvalue weighted by Gasteiger charge is -2.29. The lowest BCUT2D eigenvalue weighted by Crippen LogP contribution is -2.54. The SMILES string of the molecule is Cc1cccc2c1OB(O)[C@@H](NC(=O)/C(=N\O)c1csc(NCc3ccccn3)n1)C2. The number of aromatic nitrogens is 2. The molecule has 0 radical (unpaired) electrons. The van der Waals surface area contributed by atoms with Crippen LogP contribution in [0.3, 0.4) is 0 Å². The minimum absolute atomic E-state index is 0.219. The summed E-state index contributed by atoms with van der Waals surface area (Å²) in [4.78, 5) is 21.3. The second kappa shape index (κ2) is 9.15. The first-order chi connectivity index (χ1) is 15.0. The molecule has 3 aromatic rings. The lowest BCUT2D eigenvalue weighted by molar-refractivity contribution is -0.115. The van der Waals surface area contributed by atoms with Crippen LogP contribution >= 0.6 is 11.3 Å². The van der Waals surface area contributed by atoms with Gasteiger partial charge in [-0.15, -0.1) is 11.3 Å². The Morgan fingerprint density at radius 2 is 2.23 bits per heavy atom. The zero-order valence-corrected chi connectivity index (χ0v) is 17.5. The summed E-state index contributed by atoms with van der Waals surface area (Å²) in [6.45, 7) is 2.36. The smallest absolute Gasteiger partial charge is 0.534 e. The standard InChI is InChI=1S/C20H20BN5O4S/c1-12-5-4-6-13-9-16(21(28)30-18(12)13)25-19(27)17(26-29)15-11-31-20(24-15)23-10-14-7-2-3-8-22-14/h2-8,11,16,28-29H,9-10H2,1H3,(H,23,24)(H,25,27)/b26-17-/t16-/m0/s1. The molecule has 31 heavy (non-hydrogen) atoms. The summed E-state index contributed by atoms with van der Waals surface area (Å²) in [6.07, 6.45) is 2.09. The highest BCUT2D eigenvalue weighted by molar-refractivity contribution is 7.14. The number of benzene rings is 1. The summed E-state index contributed by atoms with van der Waals surface area (Å²) in [5.74, 6) is -0.730. The average Bonchev–Trinajstić information content (AvgIpc) is 3.23. The molecule has 0 unspecified atom stereocenters.